The Balaban J connectivity index is 1.34. The summed E-state index contributed by atoms with van der Waals surface area (Å²) in [6.07, 6.45) is 13.3. The Morgan fingerprint density at radius 2 is 1.90 bits per heavy atom. The molecule has 0 aromatic heterocycles. The summed E-state index contributed by atoms with van der Waals surface area (Å²) in [5.74, 6) is 0.990. The van der Waals surface area contributed by atoms with Gasteiger partial charge in [-0.25, -0.2) is 0 Å². The fraction of sp³-hybridized carbons (Fsp3) is 1.00. The molecule has 2 saturated heterocycles. The van der Waals surface area contributed by atoms with Crippen LogP contribution >= 0.6 is 0 Å². The molecule has 2 saturated carbocycles. The Hall–Kier alpha value is -0.120. The van der Waals surface area contributed by atoms with Crippen molar-refractivity contribution in [2.45, 2.75) is 82.0 Å². The van der Waals surface area contributed by atoms with Gasteiger partial charge in [0.2, 0.25) is 0 Å². The van der Waals surface area contributed by atoms with Crippen molar-refractivity contribution in [1.29, 1.82) is 0 Å². The van der Waals surface area contributed by atoms with E-state index >= 15 is 0 Å². The smallest absolute Gasteiger partial charge is 0.0730 e. The maximum absolute atomic E-state index is 5.95. The zero-order valence-corrected chi connectivity index (χ0v) is 12.7. The summed E-state index contributed by atoms with van der Waals surface area (Å²) >= 11 is 0. The summed E-state index contributed by atoms with van der Waals surface area (Å²) in [5, 5.41) is 4.00. The highest BCUT2D eigenvalue weighted by Gasteiger charge is 2.38. The van der Waals surface area contributed by atoms with E-state index in [1.54, 1.807) is 0 Å². The van der Waals surface area contributed by atoms with Gasteiger partial charge in [0.1, 0.15) is 0 Å². The summed E-state index contributed by atoms with van der Waals surface area (Å²) in [5.41, 5.74) is 0. The van der Waals surface area contributed by atoms with Crippen LogP contribution in [0.15, 0.2) is 0 Å². The topological polar surface area (TPSA) is 24.5 Å². The summed E-state index contributed by atoms with van der Waals surface area (Å²) < 4.78 is 5.95. The number of nitrogens with one attached hydrogen (secondary N) is 1. The molecular formula is C17H30N2O. The molecule has 4 rings (SSSR count). The Labute approximate surface area is 123 Å². The number of piperidine rings is 1. The minimum Gasteiger partial charge on any atom is -0.375 e. The van der Waals surface area contributed by atoms with Gasteiger partial charge in [-0.15, -0.1) is 0 Å². The number of rotatable bonds is 2. The van der Waals surface area contributed by atoms with Crippen molar-refractivity contribution in [2.24, 2.45) is 5.92 Å². The SMILES string of the molecule is C1CCC2NC(CN3CCOC4CCCC43)CCC2C1. The van der Waals surface area contributed by atoms with Gasteiger partial charge in [-0.1, -0.05) is 12.8 Å². The van der Waals surface area contributed by atoms with Crippen LogP contribution < -0.4 is 5.32 Å². The van der Waals surface area contributed by atoms with Crippen molar-refractivity contribution >= 4 is 0 Å². The highest BCUT2D eigenvalue weighted by molar-refractivity contribution is 4.94. The van der Waals surface area contributed by atoms with Crippen LogP contribution in [0.1, 0.15) is 57.8 Å². The maximum atomic E-state index is 5.95. The molecule has 4 aliphatic rings. The van der Waals surface area contributed by atoms with Crippen LogP contribution in [0.25, 0.3) is 0 Å². The van der Waals surface area contributed by atoms with Crippen LogP contribution in [0.2, 0.25) is 0 Å². The Morgan fingerprint density at radius 1 is 0.950 bits per heavy atom. The molecule has 4 fully saturated rings. The lowest BCUT2D eigenvalue weighted by Gasteiger charge is -2.44. The first kappa shape index (κ1) is 13.5. The average molecular weight is 278 g/mol. The molecule has 3 heteroatoms. The lowest BCUT2D eigenvalue weighted by molar-refractivity contribution is -0.0603. The normalized spacial score (nSPS) is 45.9. The molecule has 0 aromatic carbocycles. The predicted octanol–water partition coefficient (Wildman–Crippen LogP) is 2.55. The van der Waals surface area contributed by atoms with E-state index in [1.807, 2.05) is 0 Å². The van der Waals surface area contributed by atoms with E-state index in [0.29, 0.717) is 6.10 Å². The quantitative estimate of drug-likeness (QED) is 0.840. The predicted molar refractivity (Wildman–Crippen MR) is 80.9 cm³/mol. The summed E-state index contributed by atoms with van der Waals surface area (Å²) in [4.78, 5) is 2.75. The standard InChI is InChI=1S/C17H30N2O/c1-2-5-15-13(4-1)8-9-14(18-15)12-19-10-11-20-17-7-3-6-16(17)19/h13-18H,1-12H2. The minimum absolute atomic E-state index is 0.551. The molecule has 3 nitrogen and oxygen atoms in total. The Kier molecular flexibility index (Phi) is 4.02. The lowest BCUT2D eigenvalue weighted by Crippen LogP contribution is -2.57. The number of nitrogens with zero attached hydrogens (tertiary/aromatic N) is 1. The number of hydrogen-bond acceptors (Lipinski definition) is 3. The first-order valence-electron chi connectivity index (χ1n) is 9.02. The summed E-state index contributed by atoms with van der Waals surface area (Å²) in [6, 6.07) is 2.31. The van der Waals surface area contributed by atoms with Crippen LogP contribution in [0.4, 0.5) is 0 Å². The molecule has 5 unspecified atom stereocenters. The van der Waals surface area contributed by atoms with Gasteiger partial charge in [0.05, 0.1) is 12.7 Å². The molecule has 0 radical (unpaired) electrons. The van der Waals surface area contributed by atoms with Crippen molar-refractivity contribution in [2.75, 3.05) is 19.7 Å². The molecule has 0 spiro atoms. The fourth-order valence-electron chi connectivity index (χ4n) is 5.23. The molecule has 114 valence electrons. The van der Waals surface area contributed by atoms with Gasteiger partial charge < -0.3 is 10.1 Å². The molecule has 2 aliphatic heterocycles. The molecule has 2 heterocycles. The number of fused-ring (bicyclic) bond motifs is 2. The first-order chi connectivity index (χ1) is 9.90. The molecule has 2 aliphatic carbocycles. The molecule has 0 amide bonds. The average Bonchev–Trinajstić information content (AvgIpc) is 2.97. The van der Waals surface area contributed by atoms with Gasteiger partial charge >= 0.3 is 0 Å². The van der Waals surface area contributed by atoms with Crippen LogP contribution in [0.3, 0.4) is 0 Å². The van der Waals surface area contributed by atoms with Crippen molar-refractivity contribution < 1.29 is 4.74 Å². The van der Waals surface area contributed by atoms with Gasteiger partial charge in [-0.3, -0.25) is 4.90 Å². The van der Waals surface area contributed by atoms with E-state index in [1.165, 1.54) is 64.3 Å². The van der Waals surface area contributed by atoms with Gasteiger partial charge in [-0.05, 0) is 50.9 Å². The van der Waals surface area contributed by atoms with Crippen LogP contribution in [0.5, 0.6) is 0 Å². The zero-order chi connectivity index (χ0) is 13.4. The third kappa shape index (κ3) is 2.65. The number of ether oxygens (including phenoxy) is 1. The second-order valence-electron chi connectivity index (χ2n) is 7.49. The summed E-state index contributed by atoms with van der Waals surface area (Å²) in [7, 11) is 0. The zero-order valence-electron chi connectivity index (χ0n) is 12.7. The molecule has 0 aromatic rings. The van der Waals surface area contributed by atoms with Crippen molar-refractivity contribution in [3.05, 3.63) is 0 Å². The molecule has 20 heavy (non-hydrogen) atoms. The third-order valence-corrected chi connectivity index (χ3v) is 6.30. The first-order valence-corrected chi connectivity index (χ1v) is 9.02. The van der Waals surface area contributed by atoms with E-state index < -0.39 is 0 Å². The van der Waals surface area contributed by atoms with E-state index in [-0.39, 0.29) is 0 Å². The molecular weight excluding hydrogens is 248 g/mol. The monoisotopic (exact) mass is 278 g/mol. The molecule has 5 atom stereocenters. The van der Waals surface area contributed by atoms with Gasteiger partial charge in [0.25, 0.3) is 0 Å². The van der Waals surface area contributed by atoms with Crippen molar-refractivity contribution in [3.63, 3.8) is 0 Å². The highest BCUT2D eigenvalue weighted by atomic mass is 16.5. The van der Waals surface area contributed by atoms with E-state index in [4.69, 9.17) is 4.74 Å². The van der Waals surface area contributed by atoms with Gasteiger partial charge in [0.15, 0.2) is 0 Å². The van der Waals surface area contributed by atoms with Crippen LogP contribution in [0, 0.1) is 5.92 Å². The van der Waals surface area contributed by atoms with E-state index in [0.717, 1.165) is 37.2 Å². The third-order valence-electron chi connectivity index (χ3n) is 6.30. The van der Waals surface area contributed by atoms with E-state index in [2.05, 4.69) is 10.2 Å². The number of hydrogen-bond donors (Lipinski definition) is 1. The summed E-state index contributed by atoms with van der Waals surface area (Å²) in [6.45, 7) is 3.39. The van der Waals surface area contributed by atoms with Crippen LogP contribution in [-0.2, 0) is 4.74 Å². The minimum atomic E-state index is 0.551. The fourth-order valence-corrected chi connectivity index (χ4v) is 5.23. The van der Waals surface area contributed by atoms with Gasteiger partial charge in [-0.2, -0.15) is 0 Å². The molecule has 1 N–H and O–H groups in total. The van der Waals surface area contributed by atoms with E-state index in [9.17, 15) is 0 Å². The Morgan fingerprint density at radius 3 is 2.90 bits per heavy atom. The lowest BCUT2D eigenvalue weighted by atomic mass is 9.77. The highest BCUT2D eigenvalue weighted by Crippen LogP contribution is 2.34. The number of morpholine rings is 1. The second-order valence-corrected chi connectivity index (χ2v) is 7.49. The molecule has 0 bridgehead atoms. The second kappa shape index (κ2) is 5.94. The van der Waals surface area contributed by atoms with Gasteiger partial charge in [0, 0.05) is 31.2 Å². The van der Waals surface area contributed by atoms with Crippen molar-refractivity contribution in [1.82, 2.24) is 10.2 Å². The Bertz CT molecular complexity index is 335. The largest absolute Gasteiger partial charge is 0.375 e. The van der Waals surface area contributed by atoms with Crippen molar-refractivity contribution in [3.8, 4) is 0 Å². The maximum Gasteiger partial charge on any atom is 0.0730 e. The van der Waals surface area contributed by atoms with Crippen LogP contribution in [-0.4, -0.2) is 48.8 Å².